The topological polar surface area (TPSA) is 59.6 Å². The second-order valence-corrected chi connectivity index (χ2v) is 5.90. The van der Waals surface area contributed by atoms with Crippen LogP contribution in [0.15, 0.2) is 24.3 Å². The molecule has 2 rings (SSSR count). The zero-order valence-electron chi connectivity index (χ0n) is 13.1. The lowest BCUT2D eigenvalue weighted by Gasteiger charge is -2.52. The van der Waals surface area contributed by atoms with E-state index in [1.807, 2.05) is 31.2 Å². The van der Waals surface area contributed by atoms with E-state index in [0.717, 1.165) is 18.7 Å². The van der Waals surface area contributed by atoms with E-state index in [4.69, 9.17) is 4.74 Å². The number of nitrogens with one attached hydrogen (secondary N) is 2. The van der Waals surface area contributed by atoms with Crippen molar-refractivity contribution in [2.24, 2.45) is 5.41 Å². The summed E-state index contributed by atoms with van der Waals surface area (Å²) >= 11 is 0. The van der Waals surface area contributed by atoms with E-state index in [2.05, 4.69) is 29.2 Å². The lowest BCUT2D eigenvalue weighted by molar-refractivity contribution is -0.0975. The Kier molecular flexibility index (Phi) is 4.73. The van der Waals surface area contributed by atoms with Crippen molar-refractivity contribution in [3.8, 4) is 0 Å². The van der Waals surface area contributed by atoms with Gasteiger partial charge in [0.2, 0.25) is 0 Å². The molecule has 0 aromatic heterocycles. The van der Waals surface area contributed by atoms with Crippen LogP contribution in [0, 0.1) is 5.41 Å². The minimum Gasteiger partial charge on any atom is -0.453 e. The predicted molar refractivity (Wildman–Crippen MR) is 83.7 cm³/mol. The van der Waals surface area contributed by atoms with Gasteiger partial charge in [-0.3, -0.25) is 5.32 Å². The highest BCUT2D eigenvalue weighted by molar-refractivity contribution is 5.85. The maximum Gasteiger partial charge on any atom is 0.411 e. The number of amides is 1. The summed E-state index contributed by atoms with van der Waals surface area (Å²) in [6, 6.07) is 7.99. The monoisotopic (exact) mass is 292 g/mol. The van der Waals surface area contributed by atoms with E-state index in [0.29, 0.717) is 17.8 Å². The fourth-order valence-electron chi connectivity index (χ4n) is 2.67. The van der Waals surface area contributed by atoms with E-state index < -0.39 is 6.09 Å². The molecule has 0 saturated heterocycles. The Labute approximate surface area is 126 Å². The standard InChI is InChI=1S/C16H24N2O3/c1-5-21-14-10-13(16(14,2)3)17-11-7-6-8-12(9-11)18-15(19)20-4/h6-9,13-14,17H,5,10H2,1-4H3,(H,18,19). The van der Waals surface area contributed by atoms with Crippen LogP contribution >= 0.6 is 0 Å². The Morgan fingerprint density at radius 1 is 1.38 bits per heavy atom. The molecule has 2 unspecified atom stereocenters. The van der Waals surface area contributed by atoms with E-state index in [-0.39, 0.29) is 5.41 Å². The number of benzene rings is 1. The molecule has 2 atom stereocenters. The van der Waals surface area contributed by atoms with Crippen LogP contribution in [0.1, 0.15) is 27.2 Å². The minimum absolute atomic E-state index is 0.0990. The Hall–Kier alpha value is -1.75. The molecule has 2 N–H and O–H groups in total. The van der Waals surface area contributed by atoms with Gasteiger partial charge in [-0.2, -0.15) is 0 Å². The number of carbonyl (C=O) groups excluding carboxylic acids is 1. The van der Waals surface area contributed by atoms with Gasteiger partial charge < -0.3 is 14.8 Å². The van der Waals surface area contributed by atoms with Crippen molar-refractivity contribution in [1.82, 2.24) is 0 Å². The Morgan fingerprint density at radius 2 is 2.10 bits per heavy atom. The summed E-state index contributed by atoms with van der Waals surface area (Å²) in [5.74, 6) is 0. The van der Waals surface area contributed by atoms with Crippen molar-refractivity contribution in [3.63, 3.8) is 0 Å². The smallest absolute Gasteiger partial charge is 0.411 e. The van der Waals surface area contributed by atoms with Gasteiger partial charge in [-0.1, -0.05) is 19.9 Å². The van der Waals surface area contributed by atoms with Crippen LogP contribution in [0.4, 0.5) is 16.2 Å². The van der Waals surface area contributed by atoms with Crippen molar-refractivity contribution in [3.05, 3.63) is 24.3 Å². The molecule has 1 saturated carbocycles. The van der Waals surface area contributed by atoms with Crippen LogP contribution in [-0.2, 0) is 9.47 Å². The fraction of sp³-hybridized carbons (Fsp3) is 0.562. The predicted octanol–water partition coefficient (Wildman–Crippen LogP) is 3.48. The highest BCUT2D eigenvalue weighted by Crippen LogP contribution is 2.44. The van der Waals surface area contributed by atoms with Crippen LogP contribution in [0.3, 0.4) is 0 Å². The molecule has 5 heteroatoms. The van der Waals surface area contributed by atoms with E-state index >= 15 is 0 Å². The van der Waals surface area contributed by atoms with Crippen molar-refractivity contribution in [2.75, 3.05) is 24.4 Å². The maximum atomic E-state index is 11.2. The molecule has 0 radical (unpaired) electrons. The van der Waals surface area contributed by atoms with Crippen molar-refractivity contribution in [1.29, 1.82) is 0 Å². The molecule has 5 nitrogen and oxygen atoms in total. The first kappa shape index (κ1) is 15.6. The Bertz CT molecular complexity index is 502. The van der Waals surface area contributed by atoms with Crippen LogP contribution in [0.25, 0.3) is 0 Å². The first-order chi connectivity index (χ1) is 9.97. The summed E-state index contributed by atoms with van der Waals surface area (Å²) in [5, 5.41) is 6.18. The van der Waals surface area contributed by atoms with Crippen molar-refractivity contribution >= 4 is 17.5 Å². The molecule has 1 aliphatic rings. The van der Waals surface area contributed by atoms with Crippen LogP contribution in [-0.4, -0.2) is 32.0 Å². The molecule has 0 aliphatic heterocycles. The molecule has 0 spiro atoms. The first-order valence-electron chi connectivity index (χ1n) is 7.30. The van der Waals surface area contributed by atoms with Gasteiger partial charge in [-0.05, 0) is 31.5 Å². The molecule has 116 valence electrons. The molecule has 0 bridgehead atoms. The number of carbonyl (C=O) groups is 1. The lowest BCUT2D eigenvalue weighted by Crippen LogP contribution is -2.58. The molecule has 1 aromatic rings. The summed E-state index contributed by atoms with van der Waals surface area (Å²) in [4.78, 5) is 11.2. The van der Waals surface area contributed by atoms with Gasteiger partial charge in [-0.25, -0.2) is 4.79 Å². The summed E-state index contributed by atoms with van der Waals surface area (Å²) in [5.41, 5.74) is 1.80. The zero-order valence-corrected chi connectivity index (χ0v) is 13.1. The van der Waals surface area contributed by atoms with E-state index in [1.165, 1.54) is 7.11 Å². The highest BCUT2D eigenvalue weighted by Gasteiger charge is 2.48. The fourth-order valence-corrected chi connectivity index (χ4v) is 2.67. The summed E-state index contributed by atoms with van der Waals surface area (Å²) in [6.45, 7) is 7.20. The molecule has 0 heterocycles. The van der Waals surface area contributed by atoms with Crippen molar-refractivity contribution in [2.45, 2.75) is 39.3 Å². The normalized spacial score (nSPS) is 23.0. The van der Waals surface area contributed by atoms with Gasteiger partial charge in [0.1, 0.15) is 0 Å². The summed E-state index contributed by atoms with van der Waals surface area (Å²) < 4.78 is 10.3. The second kappa shape index (κ2) is 6.35. The van der Waals surface area contributed by atoms with Gasteiger partial charge in [0.25, 0.3) is 0 Å². The first-order valence-corrected chi connectivity index (χ1v) is 7.30. The average Bonchev–Trinajstić information content (AvgIpc) is 2.46. The quantitative estimate of drug-likeness (QED) is 0.872. The molecular weight excluding hydrogens is 268 g/mol. The molecule has 21 heavy (non-hydrogen) atoms. The second-order valence-electron chi connectivity index (χ2n) is 5.90. The Balaban J connectivity index is 1.98. The van der Waals surface area contributed by atoms with Crippen molar-refractivity contribution < 1.29 is 14.3 Å². The van der Waals surface area contributed by atoms with Gasteiger partial charge in [0.15, 0.2) is 0 Å². The van der Waals surface area contributed by atoms with Crippen LogP contribution in [0.5, 0.6) is 0 Å². The number of ether oxygens (including phenoxy) is 2. The van der Waals surface area contributed by atoms with Gasteiger partial charge in [0, 0.05) is 29.4 Å². The third kappa shape index (κ3) is 3.47. The third-order valence-electron chi connectivity index (χ3n) is 4.18. The number of hydrogen-bond donors (Lipinski definition) is 2. The molecule has 1 aliphatic carbocycles. The number of anilines is 2. The maximum absolute atomic E-state index is 11.2. The highest BCUT2D eigenvalue weighted by atomic mass is 16.5. The molecule has 1 fully saturated rings. The lowest BCUT2D eigenvalue weighted by atomic mass is 9.64. The summed E-state index contributed by atoms with van der Waals surface area (Å²) in [6.07, 6.45) is 0.832. The molecular formula is C16H24N2O3. The minimum atomic E-state index is -0.465. The van der Waals surface area contributed by atoms with Gasteiger partial charge >= 0.3 is 6.09 Å². The third-order valence-corrected chi connectivity index (χ3v) is 4.18. The van der Waals surface area contributed by atoms with E-state index in [9.17, 15) is 4.79 Å². The van der Waals surface area contributed by atoms with Gasteiger partial charge in [-0.15, -0.1) is 0 Å². The van der Waals surface area contributed by atoms with Crippen LogP contribution in [0.2, 0.25) is 0 Å². The zero-order chi connectivity index (χ0) is 15.5. The molecule has 1 amide bonds. The Morgan fingerprint density at radius 3 is 2.71 bits per heavy atom. The number of hydrogen-bond acceptors (Lipinski definition) is 4. The average molecular weight is 292 g/mol. The number of methoxy groups -OCH3 is 1. The molecule has 1 aromatic carbocycles. The SMILES string of the molecule is CCOC1CC(Nc2cccc(NC(=O)OC)c2)C1(C)C. The van der Waals surface area contributed by atoms with E-state index in [1.54, 1.807) is 0 Å². The largest absolute Gasteiger partial charge is 0.453 e. The number of rotatable bonds is 5. The van der Waals surface area contributed by atoms with Crippen LogP contribution < -0.4 is 10.6 Å². The van der Waals surface area contributed by atoms with Gasteiger partial charge in [0.05, 0.1) is 13.2 Å². The summed E-state index contributed by atoms with van der Waals surface area (Å²) in [7, 11) is 1.35.